The van der Waals surface area contributed by atoms with Crippen molar-refractivity contribution in [3.05, 3.63) is 58.1 Å². The number of halogens is 2. The standard InChI is InChI=1S/C18H16Cl2N2O2S/c1-18(12-24-15-5-2-13(9-21)3-6-15)10-22(11-18)25(23)17-7-4-14(19)8-16(17)20/h2-8H,10-12H2,1H3. The molecular formula is C18H16Cl2N2O2S. The molecule has 1 aliphatic rings. The van der Waals surface area contributed by atoms with E-state index in [9.17, 15) is 4.55 Å². The molecule has 2 aromatic carbocycles. The second-order valence-corrected chi connectivity index (χ2v) is 8.66. The molecule has 2 aromatic rings. The van der Waals surface area contributed by atoms with E-state index in [0.29, 0.717) is 40.2 Å². The monoisotopic (exact) mass is 394 g/mol. The van der Waals surface area contributed by atoms with Crippen molar-refractivity contribution in [2.24, 2.45) is 5.41 Å². The van der Waals surface area contributed by atoms with E-state index in [4.69, 9.17) is 33.2 Å². The molecular weight excluding hydrogens is 379 g/mol. The Morgan fingerprint density at radius 1 is 1.24 bits per heavy atom. The van der Waals surface area contributed by atoms with Gasteiger partial charge in [-0.3, -0.25) is 0 Å². The number of rotatable bonds is 5. The molecule has 4 nitrogen and oxygen atoms in total. The molecule has 1 unspecified atom stereocenters. The average Bonchev–Trinajstić information content (AvgIpc) is 2.57. The largest absolute Gasteiger partial charge is 0.593 e. The number of hydrogen-bond acceptors (Lipinski definition) is 4. The number of nitriles is 1. The molecule has 0 N–H and O–H groups in total. The fraction of sp³-hybridized carbons (Fsp3) is 0.278. The van der Waals surface area contributed by atoms with Crippen molar-refractivity contribution in [2.45, 2.75) is 11.8 Å². The maximum absolute atomic E-state index is 12.6. The second kappa shape index (κ2) is 7.45. The van der Waals surface area contributed by atoms with Gasteiger partial charge in [-0.1, -0.05) is 30.1 Å². The van der Waals surface area contributed by atoms with E-state index in [0.717, 1.165) is 5.75 Å². The summed E-state index contributed by atoms with van der Waals surface area (Å²) in [5, 5.41) is 9.74. The van der Waals surface area contributed by atoms with E-state index < -0.39 is 11.4 Å². The van der Waals surface area contributed by atoms with Crippen LogP contribution in [0.25, 0.3) is 0 Å². The predicted molar refractivity (Wildman–Crippen MR) is 99.2 cm³/mol. The molecule has 1 fully saturated rings. The first-order valence-corrected chi connectivity index (χ1v) is 9.51. The highest BCUT2D eigenvalue weighted by Gasteiger charge is 2.46. The summed E-state index contributed by atoms with van der Waals surface area (Å²) in [6.45, 7) is 3.90. The van der Waals surface area contributed by atoms with Crippen LogP contribution < -0.4 is 4.74 Å². The van der Waals surface area contributed by atoms with Gasteiger partial charge in [-0.25, -0.2) is 0 Å². The molecule has 0 aliphatic carbocycles. The Morgan fingerprint density at radius 3 is 2.52 bits per heavy atom. The molecule has 0 radical (unpaired) electrons. The van der Waals surface area contributed by atoms with Crippen molar-refractivity contribution < 1.29 is 9.29 Å². The van der Waals surface area contributed by atoms with E-state index in [2.05, 4.69) is 13.0 Å². The Hall–Kier alpha value is -1.42. The zero-order valence-corrected chi connectivity index (χ0v) is 15.9. The van der Waals surface area contributed by atoms with Gasteiger partial charge in [0.25, 0.3) is 0 Å². The SMILES string of the molecule is CC1(COc2ccc(C#N)cc2)CN([S+]([O-])c2ccc(Cl)cc2Cl)C1. The molecule has 130 valence electrons. The van der Waals surface area contributed by atoms with Gasteiger partial charge in [0.2, 0.25) is 0 Å². The van der Waals surface area contributed by atoms with Crippen LogP contribution in [0.15, 0.2) is 47.4 Å². The van der Waals surface area contributed by atoms with Crippen molar-refractivity contribution in [1.82, 2.24) is 4.31 Å². The van der Waals surface area contributed by atoms with Gasteiger partial charge < -0.3 is 9.29 Å². The van der Waals surface area contributed by atoms with E-state index in [-0.39, 0.29) is 5.41 Å². The highest BCUT2D eigenvalue weighted by Crippen LogP contribution is 2.37. The van der Waals surface area contributed by atoms with Crippen molar-refractivity contribution in [3.8, 4) is 11.8 Å². The molecule has 0 aromatic heterocycles. The summed E-state index contributed by atoms with van der Waals surface area (Å²) in [5.41, 5.74) is 0.520. The van der Waals surface area contributed by atoms with Gasteiger partial charge in [0, 0.05) is 10.4 Å². The molecule has 0 amide bonds. The summed E-state index contributed by atoms with van der Waals surface area (Å²) in [5.74, 6) is 0.723. The van der Waals surface area contributed by atoms with E-state index in [1.165, 1.54) is 0 Å². The minimum Gasteiger partial charge on any atom is -0.593 e. The van der Waals surface area contributed by atoms with Crippen LogP contribution in [-0.2, 0) is 11.4 Å². The first-order valence-electron chi connectivity index (χ1n) is 7.65. The smallest absolute Gasteiger partial charge is 0.192 e. The van der Waals surface area contributed by atoms with Gasteiger partial charge in [0.05, 0.1) is 47.7 Å². The third-order valence-corrected chi connectivity index (χ3v) is 6.12. The summed E-state index contributed by atoms with van der Waals surface area (Å²) in [4.78, 5) is 0.570. The van der Waals surface area contributed by atoms with Crippen LogP contribution in [0.3, 0.4) is 0 Å². The summed E-state index contributed by atoms with van der Waals surface area (Å²) in [7, 11) is 0. The Labute approximate surface area is 160 Å². The van der Waals surface area contributed by atoms with Gasteiger partial charge in [-0.2, -0.15) is 5.26 Å². The number of ether oxygens (including phenoxy) is 1. The van der Waals surface area contributed by atoms with Crippen LogP contribution in [0.4, 0.5) is 0 Å². The molecule has 1 saturated heterocycles. The molecule has 0 spiro atoms. The zero-order chi connectivity index (χ0) is 18.0. The fourth-order valence-corrected chi connectivity index (χ4v) is 4.81. The van der Waals surface area contributed by atoms with E-state index in [1.54, 1.807) is 42.5 Å². The lowest BCUT2D eigenvalue weighted by atomic mass is 9.85. The Bertz CT molecular complexity index is 802. The van der Waals surface area contributed by atoms with Crippen LogP contribution in [0.1, 0.15) is 12.5 Å². The Balaban J connectivity index is 1.55. The van der Waals surface area contributed by atoms with Gasteiger partial charge in [0.1, 0.15) is 5.75 Å². The summed E-state index contributed by atoms with van der Waals surface area (Å²) < 4.78 is 20.3. The van der Waals surface area contributed by atoms with Crippen molar-refractivity contribution in [3.63, 3.8) is 0 Å². The van der Waals surface area contributed by atoms with Crippen molar-refractivity contribution in [1.29, 1.82) is 5.26 Å². The van der Waals surface area contributed by atoms with Gasteiger partial charge in [-0.15, -0.1) is 4.31 Å². The number of hydrogen-bond donors (Lipinski definition) is 0. The number of nitrogens with zero attached hydrogens (tertiary/aromatic N) is 2. The lowest BCUT2D eigenvalue weighted by molar-refractivity contribution is 0.0360. The molecule has 1 heterocycles. The van der Waals surface area contributed by atoms with Crippen LogP contribution in [0.5, 0.6) is 5.75 Å². The average molecular weight is 395 g/mol. The topological polar surface area (TPSA) is 59.3 Å². The third kappa shape index (κ3) is 4.22. The van der Waals surface area contributed by atoms with Gasteiger partial charge >= 0.3 is 0 Å². The molecule has 1 atom stereocenters. The number of benzene rings is 2. The van der Waals surface area contributed by atoms with Gasteiger partial charge in [0.15, 0.2) is 4.90 Å². The van der Waals surface area contributed by atoms with Crippen molar-refractivity contribution >= 4 is 34.6 Å². The van der Waals surface area contributed by atoms with Crippen LogP contribution in [0.2, 0.25) is 10.0 Å². The summed E-state index contributed by atoms with van der Waals surface area (Å²) >= 11 is 10.7. The lowest BCUT2D eigenvalue weighted by Crippen LogP contribution is -2.59. The van der Waals surface area contributed by atoms with E-state index >= 15 is 0 Å². The highest BCUT2D eigenvalue weighted by molar-refractivity contribution is 7.89. The molecule has 25 heavy (non-hydrogen) atoms. The van der Waals surface area contributed by atoms with Gasteiger partial charge in [-0.05, 0) is 42.5 Å². The molecule has 0 saturated carbocycles. The van der Waals surface area contributed by atoms with Crippen molar-refractivity contribution in [2.75, 3.05) is 19.7 Å². The quantitative estimate of drug-likeness (QED) is 0.709. The predicted octanol–water partition coefficient (Wildman–Crippen LogP) is 4.29. The molecule has 7 heteroatoms. The summed E-state index contributed by atoms with van der Waals surface area (Å²) in [6, 6.07) is 14.1. The van der Waals surface area contributed by atoms with Crippen LogP contribution in [0, 0.1) is 16.7 Å². The second-order valence-electron chi connectivity index (χ2n) is 6.36. The first kappa shape index (κ1) is 18.4. The maximum Gasteiger partial charge on any atom is 0.192 e. The Morgan fingerprint density at radius 2 is 1.92 bits per heavy atom. The van der Waals surface area contributed by atoms with Crippen LogP contribution >= 0.6 is 23.2 Å². The molecule has 1 aliphatic heterocycles. The lowest BCUT2D eigenvalue weighted by Gasteiger charge is -2.45. The normalized spacial score (nSPS) is 17.4. The van der Waals surface area contributed by atoms with Crippen LogP contribution in [-0.4, -0.2) is 28.6 Å². The zero-order valence-electron chi connectivity index (χ0n) is 13.5. The minimum atomic E-state index is -1.31. The fourth-order valence-electron chi connectivity index (χ4n) is 2.65. The summed E-state index contributed by atoms with van der Waals surface area (Å²) in [6.07, 6.45) is 0. The van der Waals surface area contributed by atoms with E-state index in [1.807, 2.05) is 4.31 Å². The molecule has 0 bridgehead atoms. The maximum atomic E-state index is 12.6. The highest BCUT2D eigenvalue weighted by atomic mass is 35.5. The minimum absolute atomic E-state index is 0.0809. The first-order chi connectivity index (χ1) is 11.9. The third-order valence-electron chi connectivity index (χ3n) is 4.00. The molecule has 3 rings (SSSR count). The Kier molecular flexibility index (Phi) is 5.47.